The number of methoxy groups -OCH3 is 1. The molecule has 2 aromatic heterocycles. The minimum Gasteiger partial charge on any atom is -0.438 e. The first-order chi connectivity index (χ1) is 15.6. The Kier molecular flexibility index (Phi) is 9.78. The number of ether oxygens (including phenoxy) is 5. The van der Waals surface area contributed by atoms with E-state index in [9.17, 15) is 14.2 Å². The third-order valence-corrected chi connectivity index (χ3v) is 5.21. The molecule has 2 heterocycles. The molecule has 2 atom stereocenters. The zero-order valence-electron chi connectivity index (χ0n) is 18.5. The van der Waals surface area contributed by atoms with Crippen molar-refractivity contribution in [1.82, 2.24) is 19.5 Å². The van der Waals surface area contributed by atoms with Gasteiger partial charge >= 0.3 is 19.9 Å². The molecule has 0 saturated heterocycles. The van der Waals surface area contributed by atoms with Crippen LogP contribution in [-0.2, 0) is 43.8 Å². The van der Waals surface area contributed by atoms with Crippen molar-refractivity contribution in [2.24, 2.45) is 0 Å². The summed E-state index contributed by atoms with van der Waals surface area (Å²) in [4.78, 5) is 34.7. The predicted octanol–water partition coefficient (Wildman–Crippen LogP) is 2.26. The van der Waals surface area contributed by atoms with Crippen LogP contribution in [0.4, 0.5) is 15.4 Å². The predicted molar refractivity (Wildman–Crippen MR) is 111 cm³/mol. The number of nitrogens with two attached hydrogens (primary N) is 1. The van der Waals surface area contributed by atoms with Gasteiger partial charge in [0.2, 0.25) is 13.6 Å². The summed E-state index contributed by atoms with van der Waals surface area (Å²) >= 11 is 0. The van der Waals surface area contributed by atoms with E-state index in [1.54, 1.807) is 25.3 Å². The summed E-state index contributed by atoms with van der Waals surface area (Å²) in [5.41, 5.74) is 6.71. The fourth-order valence-electron chi connectivity index (χ4n) is 2.29. The minimum absolute atomic E-state index is 0.236. The SMILES string of the molecule is COC(=O)OCO[P@](=O)(CO[C@H](C)Cn1cnc2c(N)ncnc21)OCOC(=O)OC(C)C. The largest absolute Gasteiger partial charge is 0.510 e. The lowest BCUT2D eigenvalue weighted by atomic mass is 10.4. The third kappa shape index (κ3) is 8.46. The molecule has 16 heteroatoms. The lowest BCUT2D eigenvalue weighted by molar-refractivity contribution is -0.0315. The standard InChI is InChI=1S/C17H26N5O10P/c1-11(2)32-17(24)28-9-31-33(25,30-8-27-16(23)26-4)10-29-12(3)5-22-7-21-13-14(18)19-6-20-15(13)22/h6-7,11-12H,5,8-10H2,1-4H3,(H2,18,19,20)/t12-,33-/m1/s1. The summed E-state index contributed by atoms with van der Waals surface area (Å²) in [5, 5.41) is 0. The molecule has 0 amide bonds. The van der Waals surface area contributed by atoms with Crippen LogP contribution in [0.25, 0.3) is 11.2 Å². The zero-order chi connectivity index (χ0) is 24.4. The molecule has 15 nitrogen and oxygen atoms in total. The van der Waals surface area contributed by atoms with E-state index in [0.29, 0.717) is 11.2 Å². The number of carbonyl (C=O) groups excluding carboxylic acids is 2. The van der Waals surface area contributed by atoms with Crippen LogP contribution < -0.4 is 5.73 Å². The van der Waals surface area contributed by atoms with Crippen LogP contribution in [0.1, 0.15) is 20.8 Å². The molecule has 0 aliphatic heterocycles. The first-order valence-corrected chi connectivity index (χ1v) is 11.3. The van der Waals surface area contributed by atoms with Gasteiger partial charge in [0, 0.05) is 0 Å². The van der Waals surface area contributed by atoms with Crippen LogP contribution in [0.2, 0.25) is 0 Å². The Hall–Kier alpha value is -3.00. The Morgan fingerprint density at radius 2 is 1.76 bits per heavy atom. The van der Waals surface area contributed by atoms with Crippen LogP contribution in [0.5, 0.6) is 0 Å². The average molecular weight is 491 g/mol. The summed E-state index contributed by atoms with van der Waals surface area (Å²) in [7, 11) is -2.94. The molecule has 0 spiro atoms. The Morgan fingerprint density at radius 3 is 2.39 bits per heavy atom. The average Bonchev–Trinajstić information content (AvgIpc) is 3.16. The molecular weight excluding hydrogens is 465 g/mol. The number of aromatic nitrogens is 4. The molecule has 33 heavy (non-hydrogen) atoms. The number of fused-ring (bicyclic) bond motifs is 1. The molecule has 0 aliphatic carbocycles. The quantitative estimate of drug-likeness (QED) is 0.259. The fourth-order valence-corrected chi connectivity index (χ4v) is 3.37. The Labute approximate surface area is 188 Å². The monoisotopic (exact) mass is 491 g/mol. The van der Waals surface area contributed by atoms with Crippen molar-refractivity contribution in [2.45, 2.75) is 39.5 Å². The number of hydrogen-bond donors (Lipinski definition) is 1. The number of nitrogen functional groups attached to an aromatic ring is 1. The normalized spacial score (nSPS) is 14.0. The first kappa shape index (κ1) is 26.3. The highest BCUT2D eigenvalue weighted by Gasteiger charge is 2.28. The summed E-state index contributed by atoms with van der Waals surface area (Å²) < 4.78 is 48.6. The van der Waals surface area contributed by atoms with Crippen LogP contribution in [0.3, 0.4) is 0 Å². The van der Waals surface area contributed by atoms with Gasteiger partial charge < -0.3 is 34.0 Å². The van der Waals surface area contributed by atoms with Crippen molar-refractivity contribution in [3.8, 4) is 0 Å². The Bertz CT molecular complexity index is 984. The van der Waals surface area contributed by atoms with Crippen LogP contribution in [0, 0.1) is 0 Å². The van der Waals surface area contributed by atoms with Gasteiger partial charge in [0.15, 0.2) is 11.5 Å². The van der Waals surface area contributed by atoms with Gasteiger partial charge in [-0.3, -0.25) is 13.6 Å². The van der Waals surface area contributed by atoms with Crippen molar-refractivity contribution in [3.63, 3.8) is 0 Å². The molecule has 0 aliphatic rings. The number of imidazole rings is 1. The van der Waals surface area contributed by atoms with Crippen molar-refractivity contribution in [1.29, 1.82) is 0 Å². The van der Waals surface area contributed by atoms with Gasteiger partial charge in [0.05, 0.1) is 32.2 Å². The van der Waals surface area contributed by atoms with Gasteiger partial charge in [-0.15, -0.1) is 0 Å². The maximum atomic E-state index is 13.0. The van der Waals surface area contributed by atoms with Gasteiger partial charge in [-0.05, 0) is 20.8 Å². The third-order valence-electron chi connectivity index (χ3n) is 3.75. The van der Waals surface area contributed by atoms with Gasteiger partial charge in [-0.1, -0.05) is 0 Å². The van der Waals surface area contributed by atoms with Crippen molar-refractivity contribution >= 4 is 36.9 Å². The van der Waals surface area contributed by atoms with Gasteiger partial charge in [0.1, 0.15) is 18.2 Å². The highest BCUT2D eigenvalue weighted by atomic mass is 31.2. The van der Waals surface area contributed by atoms with E-state index >= 15 is 0 Å². The van der Waals surface area contributed by atoms with Gasteiger partial charge in [-0.2, -0.15) is 0 Å². The minimum atomic E-state index is -4.03. The van der Waals surface area contributed by atoms with Crippen LogP contribution in [0.15, 0.2) is 12.7 Å². The van der Waals surface area contributed by atoms with E-state index in [1.165, 1.54) is 12.7 Å². The summed E-state index contributed by atoms with van der Waals surface area (Å²) in [5.74, 6) is 0.236. The second-order valence-electron chi connectivity index (χ2n) is 6.70. The highest BCUT2D eigenvalue weighted by Crippen LogP contribution is 2.48. The van der Waals surface area contributed by atoms with Crippen molar-refractivity contribution in [3.05, 3.63) is 12.7 Å². The fraction of sp³-hybridized carbons (Fsp3) is 0.588. The molecule has 184 valence electrons. The molecular formula is C17H26N5O10P. The second kappa shape index (κ2) is 12.3. The van der Waals surface area contributed by atoms with E-state index in [2.05, 4.69) is 29.2 Å². The maximum absolute atomic E-state index is 13.0. The molecule has 0 unspecified atom stereocenters. The second-order valence-corrected chi connectivity index (χ2v) is 8.70. The number of carbonyl (C=O) groups is 2. The van der Waals surface area contributed by atoms with E-state index in [0.717, 1.165) is 7.11 Å². The Morgan fingerprint density at radius 1 is 1.09 bits per heavy atom. The molecule has 2 N–H and O–H groups in total. The molecule has 0 fully saturated rings. The summed E-state index contributed by atoms with van der Waals surface area (Å²) in [6, 6.07) is 0. The van der Waals surface area contributed by atoms with Crippen LogP contribution in [-0.4, -0.2) is 71.1 Å². The molecule has 2 aromatic rings. The number of rotatable bonds is 12. The van der Waals surface area contributed by atoms with Gasteiger partial charge in [0.25, 0.3) is 0 Å². The maximum Gasteiger partial charge on any atom is 0.510 e. The molecule has 0 saturated carbocycles. The molecule has 2 rings (SSSR count). The van der Waals surface area contributed by atoms with Crippen molar-refractivity contribution < 1.29 is 46.9 Å². The lowest BCUT2D eigenvalue weighted by Crippen LogP contribution is -2.20. The Balaban J connectivity index is 1.95. The topological polar surface area (TPSA) is 185 Å². The van der Waals surface area contributed by atoms with E-state index in [1.807, 2.05) is 0 Å². The first-order valence-electron chi connectivity index (χ1n) is 9.58. The highest BCUT2D eigenvalue weighted by molar-refractivity contribution is 7.53. The molecule has 0 aromatic carbocycles. The van der Waals surface area contributed by atoms with Crippen molar-refractivity contribution in [2.75, 3.05) is 32.8 Å². The number of nitrogens with zero attached hydrogens (tertiary/aromatic N) is 4. The van der Waals surface area contributed by atoms with Crippen LogP contribution >= 0.6 is 7.60 Å². The van der Waals surface area contributed by atoms with E-state index in [-0.39, 0.29) is 12.4 Å². The number of hydrogen-bond acceptors (Lipinski definition) is 14. The van der Waals surface area contributed by atoms with Gasteiger partial charge in [-0.25, -0.2) is 24.5 Å². The lowest BCUT2D eigenvalue weighted by Gasteiger charge is -2.21. The molecule has 0 bridgehead atoms. The van der Waals surface area contributed by atoms with E-state index < -0.39 is 52.0 Å². The summed E-state index contributed by atoms with van der Waals surface area (Å²) in [6.07, 6.45) is -0.745. The zero-order valence-corrected chi connectivity index (χ0v) is 19.4. The molecule has 0 radical (unpaired) electrons. The number of anilines is 1. The smallest absolute Gasteiger partial charge is 0.438 e. The summed E-state index contributed by atoms with van der Waals surface area (Å²) in [6.45, 7) is 3.71. The van der Waals surface area contributed by atoms with E-state index in [4.69, 9.17) is 24.3 Å².